The first-order chi connectivity index (χ1) is 13.5. The van der Waals surface area contributed by atoms with Crippen molar-refractivity contribution < 1.29 is 9.59 Å². The van der Waals surface area contributed by atoms with E-state index >= 15 is 0 Å². The molecule has 7 nitrogen and oxygen atoms in total. The van der Waals surface area contributed by atoms with E-state index in [1.807, 2.05) is 13.0 Å². The summed E-state index contributed by atoms with van der Waals surface area (Å²) in [5.41, 5.74) is 2.52. The van der Waals surface area contributed by atoms with Crippen LogP contribution in [0.3, 0.4) is 0 Å². The minimum atomic E-state index is -0.170. The molecule has 0 saturated heterocycles. The molecule has 0 aliphatic rings. The van der Waals surface area contributed by atoms with Gasteiger partial charge in [-0.2, -0.15) is 0 Å². The van der Waals surface area contributed by atoms with Gasteiger partial charge >= 0.3 is 0 Å². The molecule has 2 aromatic carbocycles. The summed E-state index contributed by atoms with van der Waals surface area (Å²) in [6.07, 6.45) is 1.36. The Bertz CT molecular complexity index is 1090. The van der Waals surface area contributed by atoms with E-state index in [2.05, 4.69) is 20.6 Å². The Balaban J connectivity index is 1.58. The van der Waals surface area contributed by atoms with Gasteiger partial charge in [0.05, 0.1) is 10.9 Å². The van der Waals surface area contributed by atoms with Crippen molar-refractivity contribution in [2.75, 3.05) is 12.4 Å². The second-order valence-electron chi connectivity index (χ2n) is 6.54. The maximum absolute atomic E-state index is 12.2. The van der Waals surface area contributed by atoms with Gasteiger partial charge in [-0.05, 0) is 49.2 Å². The Hall–Kier alpha value is -3.48. The Morgan fingerprint density at radius 3 is 2.68 bits per heavy atom. The third kappa shape index (κ3) is 4.43. The van der Waals surface area contributed by atoms with E-state index in [4.69, 9.17) is 0 Å². The quantitative estimate of drug-likeness (QED) is 0.613. The molecule has 7 heteroatoms. The van der Waals surface area contributed by atoms with Crippen LogP contribution in [0.25, 0.3) is 10.9 Å². The van der Waals surface area contributed by atoms with Crippen molar-refractivity contribution in [3.05, 3.63) is 69.8 Å². The van der Waals surface area contributed by atoms with Gasteiger partial charge in [-0.15, -0.1) is 0 Å². The average molecular weight is 378 g/mol. The summed E-state index contributed by atoms with van der Waals surface area (Å²) in [5, 5.41) is 5.98. The van der Waals surface area contributed by atoms with Crippen molar-refractivity contribution >= 4 is 28.4 Å². The van der Waals surface area contributed by atoms with E-state index in [9.17, 15) is 14.4 Å². The number of nitrogens with one attached hydrogen (secondary N) is 3. The number of aryl methyl sites for hydroxylation is 2. The number of nitrogens with zero attached hydrogens (tertiary/aromatic N) is 1. The Labute approximate surface area is 162 Å². The molecule has 144 valence electrons. The largest absolute Gasteiger partial charge is 0.355 e. The summed E-state index contributed by atoms with van der Waals surface area (Å²) in [4.78, 5) is 43.2. The number of rotatable bonds is 6. The van der Waals surface area contributed by atoms with Crippen LogP contribution in [0.1, 0.15) is 34.6 Å². The molecule has 3 rings (SSSR count). The molecule has 0 spiro atoms. The predicted molar refractivity (Wildman–Crippen MR) is 109 cm³/mol. The highest BCUT2D eigenvalue weighted by molar-refractivity contribution is 5.96. The van der Waals surface area contributed by atoms with E-state index in [0.29, 0.717) is 47.2 Å². The molecular formula is C21H22N4O3. The van der Waals surface area contributed by atoms with Crippen LogP contribution in [0.4, 0.5) is 5.69 Å². The van der Waals surface area contributed by atoms with E-state index in [0.717, 1.165) is 5.56 Å². The van der Waals surface area contributed by atoms with Crippen molar-refractivity contribution in [3.8, 4) is 0 Å². The van der Waals surface area contributed by atoms with Crippen LogP contribution in [0.5, 0.6) is 0 Å². The highest BCUT2D eigenvalue weighted by Gasteiger charge is 2.09. The summed E-state index contributed by atoms with van der Waals surface area (Å²) >= 11 is 0. The maximum atomic E-state index is 12.2. The lowest BCUT2D eigenvalue weighted by Crippen LogP contribution is -2.18. The molecular weight excluding hydrogens is 356 g/mol. The number of H-pyrrole nitrogens is 1. The molecule has 2 amide bonds. The number of anilines is 1. The Morgan fingerprint density at radius 1 is 1.14 bits per heavy atom. The highest BCUT2D eigenvalue weighted by atomic mass is 16.2. The smallest absolute Gasteiger partial charge is 0.258 e. The molecule has 3 aromatic rings. The van der Waals surface area contributed by atoms with Gasteiger partial charge in [0.1, 0.15) is 5.82 Å². The van der Waals surface area contributed by atoms with Crippen LogP contribution in [-0.4, -0.2) is 28.8 Å². The number of amides is 2. The predicted octanol–water partition coefficient (Wildman–Crippen LogP) is 2.55. The standard InChI is InChI=1S/C21H22N4O3/c1-13-12-14(20(27)22-2)10-11-16(13)24-19(26)9-5-8-18-23-17-7-4-3-6-15(17)21(28)25-18/h3-4,6-7,10-12H,5,8-9H2,1-2H3,(H,22,27)(H,24,26)(H,23,25,28). The summed E-state index contributed by atoms with van der Waals surface area (Å²) < 4.78 is 0. The minimum absolute atomic E-state index is 0.126. The molecule has 28 heavy (non-hydrogen) atoms. The first-order valence-corrected chi connectivity index (χ1v) is 9.08. The first-order valence-electron chi connectivity index (χ1n) is 9.08. The summed E-state index contributed by atoms with van der Waals surface area (Å²) in [7, 11) is 1.57. The normalized spacial score (nSPS) is 10.6. The van der Waals surface area contributed by atoms with Crippen LogP contribution in [0.2, 0.25) is 0 Å². The lowest BCUT2D eigenvalue weighted by molar-refractivity contribution is -0.116. The van der Waals surface area contributed by atoms with Crippen molar-refractivity contribution in [2.24, 2.45) is 0 Å². The van der Waals surface area contributed by atoms with E-state index in [1.165, 1.54) is 0 Å². The van der Waals surface area contributed by atoms with E-state index in [-0.39, 0.29) is 17.4 Å². The van der Waals surface area contributed by atoms with Crippen LogP contribution >= 0.6 is 0 Å². The third-order valence-electron chi connectivity index (χ3n) is 4.47. The Morgan fingerprint density at radius 2 is 1.93 bits per heavy atom. The number of benzene rings is 2. The van der Waals surface area contributed by atoms with Gasteiger partial charge in [0, 0.05) is 31.1 Å². The van der Waals surface area contributed by atoms with Crippen LogP contribution in [-0.2, 0) is 11.2 Å². The number of aromatic nitrogens is 2. The SMILES string of the molecule is CNC(=O)c1ccc(NC(=O)CCCc2nc3ccccc3c(=O)[nH]2)c(C)c1. The monoisotopic (exact) mass is 378 g/mol. The topological polar surface area (TPSA) is 104 Å². The maximum Gasteiger partial charge on any atom is 0.258 e. The van der Waals surface area contributed by atoms with Gasteiger partial charge in [-0.1, -0.05) is 12.1 Å². The molecule has 3 N–H and O–H groups in total. The molecule has 0 bridgehead atoms. The van der Waals surface area contributed by atoms with Crippen molar-refractivity contribution in [1.82, 2.24) is 15.3 Å². The fourth-order valence-electron chi connectivity index (χ4n) is 2.97. The minimum Gasteiger partial charge on any atom is -0.355 e. The molecule has 0 aliphatic carbocycles. The lowest BCUT2D eigenvalue weighted by Gasteiger charge is -2.10. The van der Waals surface area contributed by atoms with Gasteiger partial charge in [-0.3, -0.25) is 14.4 Å². The zero-order valence-electron chi connectivity index (χ0n) is 15.8. The molecule has 0 fully saturated rings. The Kier molecular flexibility index (Phi) is 5.84. The molecule has 0 saturated carbocycles. The molecule has 0 atom stereocenters. The van der Waals surface area contributed by atoms with Crippen LogP contribution < -0.4 is 16.2 Å². The number of carbonyl (C=O) groups excluding carboxylic acids is 2. The summed E-state index contributed by atoms with van der Waals surface area (Å²) in [6, 6.07) is 12.3. The number of fused-ring (bicyclic) bond motifs is 1. The van der Waals surface area contributed by atoms with Crippen molar-refractivity contribution in [2.45, 2.75) is 26.2 Å². The fraction of sp³-hybridized carbons (Fsp3) is 0.238. The highest BCUT2D eigenvalue weighted by Crippen LogP contribution is 2.17. The molecule has 0 unspecified atom stereocenters. The number of carbonyl (C=O) groups is 2. The van der Waals surface area contributed by atoms with E-state index < -0.39 is 0 Å². The molecule has 1 heterocycles. The molecule has 0 radical (unpaired) electrons. The zero-order chi connectivity index (χ0) is 20.1. The lowest BCUT2D eigenvalue weighted by atomic mass is 10.1. The zero-order valence-corrected chi connectivity index (χ0v) is 15.8. The van der Waals surface area contributed by atoms with Gasteiger partial charge in [0.25, 0.3) is 11.5 Å². The molecule has 1 aromatic heterocycles. The number of aromatic amines is 1. The van der Waals surface area contributed by atoms with Crippen molar-refractivity contribution in [1.29, 1.82) is 0 Å². The van der Waals surface area contributed by atoms with Crippen molar-refractivity contribution in [3.63, 3.8) is 0 Å². The van der Waals surface area contributed by atoms with Gasteiger partial charge in [-0.25, -0.2) is 4.98 Å². The van der Waals surface area contributed by atoms with Gasteiger partial charge in [0.2, 0.25) is 5.91 Å². The second kappa shape index (κ2) is 8.47. The third-order valence-corrected chi connectivity index (χ3v) is 4.47. The van der Waals surface area contributed by atoms with E-state index in [1.54, 1.807) is 43.4 Å². The first kappa shape index (κ1) is 19.3. The van der Waals surface area contributed by atoms with Gasteiger partial charge in [0.15, 0.2) is 0 Å². The molecule has 0 aliphatic heterocycles. The second-order valence-corrected chi connectivity index (χ2v) is 6.54. The summed E-state index contributed by atoms with van der Waals surface area (Å²) in [5.74, 6) is 0.277. The average Bonchev–Trinajstić information content (AvgIpc) is 2.69. The summed E-state index contributed by atoms with van der Waals surface area (Å²) in [6.45, 7) is 1.84. The van der Waals surface area contributed by atoms with Crippen LogP contribution in [0, 0.1) is 6.92 Å². The number of hydrogen-bond acceptors (Lipinski definition) is 4. The van der Waals surface area contributed by atoms with Gasteiger partial charge < -0.3 is 15.6 Å². The van der Waals surface area contributed by atoms with Crippen LogP contribution in [0.15, 0.2) is 47.3 Å². The fourth-order valence-corrected chi connectivity index (χ4v) is 2.97. The number of hydrogen-bond donors (Lipinski definition) is 3. The number of para-hydroxylation sites is 1.